The highest BCUT2D eigenvalue weighted by atomic mass is 19.3. The van der Waals surface area contributed by atoms with Crippen molar-refractivity contribution in [1.82, 2.24) is 5.32 Å². The lowest BCUT2D eigenvalue weighted by Crippen LogP contribution is -2.20. The molecule has 0 bridgehead atoms. The van der Waals surface area contributed by atoms with Gasteiger partial charge in [0.15, 0.2) is 0 Å². The molecule has 0 radical (unpaired) electrons. The number of hydrogen-bond donors (Lipinski definition) is 1. The van der Waals surface area contributed by atoms with E-state index in [4.69, 9.17) is 4.42 Å². The Bertz CT molecular complexity index is 414. The van der Waals surface area contributed by atoms with Crippen LogP contribution in [0.3, 0.4) is 0 Å². The maximum absolute atomic E-state index is 13.2. The molecule has 0 amide bonds. The zero-order chi connectivity index (χ0) is 13.3. The van der Waals surface area contributed by atoms with Gasteiger partial charge in [-0.3, -0.25) is 0 Å². The maximum atomic E-state index is 13.2. The van der Waals surface area contributed by atoms with Gasteiger partial charge in [0, 0.05) is 24.4 Å². The Balaban J connectivity index is 2.04. The van der Waals surface area contributed by atoms with Crippen molar-refractivity contribution in [3.8, 4) is 0 Å². The minimum atomic E-state index is -2.45. The van der Waals surface area contributed by atoms with E-state index >= 15 is 0 Å². The molecule has 1 aliphatic carbocycles. The largest absolute Gasteiger partial charge is 0.466 e. The van der Waals surface area contributed by atoms with Crippen molar-refractivity contribution in [2.75, 3.05) is 7.05 Å². The number of halogens is 2. The first-order valence-corrected chi connectivity index (χ1v) is 6.53. The van der Waals surface area contributed by atoms with E-state index in [-0.39, 0.29) is 24.8 Å². The number of nitrogens with one attached hydrogen (secondary N) is 1. The predicted molar refractivity (Wildman–Crippen MR) is 66.9 cm³/mol. The minimum Gasteiger partial charge on any atom is -0.466 e. The molecule has 1 saturated carbocycles. The van der Waals surface area contributed by atoms with Crippen molar-refractivity contribution in [3.05, 3.63) is 23.2 Å². The van der Waals surface area contributed by atoms with E-state index in [1.165, 1.54) is 0 Å². The lowest BCUT2D eigenvalue weighted by atomic mass is 9.93. The molecule has 1 heterocycles. The molecular weight excluding hydrogens is 236 g/mol. The Morgan fingerprint density at radius 2 is 2.22 bits per heavy atom. The van der Waals surface area contributed by atoms with Gasteiger partial charge in [-0.25, -0.2) is 8.78 Å². The fraction of sp³-hybridized carbons (Fsp3) is 0.714. The van der Waals surface area contributed by atoms with Gasteiger partial charge >= 0.3 is 0 Å². The number of alkyl halides is 2. The fourth-order valence-corrected chi connectivity index (χ4v) is 2.97. The smallest absolute Gasteiger partial charge is 0.248 e. The van der Waals surface area contributed by atoms with Crippen LogP contribution in [0.25, 0.3) is 0 Å². The number of aryl methyl sites for hydroxylation is 2. The average Bonchev–Trinajstić information content (AvgIpc) is 2.78. The molecule has 4 heteroatoms. The highest BCUT2D eigenvalue weighted by Crippen LogP contribution is 2.42. The second kappa shape index (κ2) is 5.00. The van der Waals surface area contributed by atoms with Crippen LogP contribution in [0.4, 0.5) is 8.78 Å². The van der Waals surface area contributed by atoms with Gasteiger partial charge in [0.1, 0.15) is 11.5 Å². The Hall–Kier alpha value is -0.900. The third-order valence-corrected chi connectivity index (χ3v) is 3.88. The maximum Gasteiger partial charge on any atom is 0.248 e. The summed E-state index contributed by atoms with van der Waals surface area (Å²) < 4.78 is 31.9. The van der Waals surface area contributed by atoms with E-state index in [2.05, 4.69) is 5.32 Å². The summed E-state index contributed by atoms with van der Waals surface area (Å²) in [5.41, 5.74) is 1.10. The van der Waals surface area contributed by atoms with Crippen LogP contribution in [-0.2, 0) is 0 Å². The normalized spacial score (nSPS) is 24.4. The minimum absolute atomic E-state index is 0.0288. The topological polar surface area (TPSA) is 25.2 Å². The monoisotopic (exact) mass is 257 g/mol. The van der Waals surface area contributed by atoms with Crippen LogP contribution in [0.15, 0.2) is 10.5 Å². The molecule has 1 N–H and O–H groups in total. The zero-order valence-electron chi connectivity index (χ0n) is 11.2. The molecule has 0 aromatic carbocycles. The van der Waals surface area contributed by atoms with Gasteiger partial charge in [-0.15, -0.1) is 0 Å². The van der Waals surface area contributed by atoms with Gasteiger partial charge in [0.05, 0.1) is 0 Å². The van der Waals surface area contributed by atoms with E-state index in [0.29, 0.717) is 6.42 Å². The first-order valence-electron chi connectivity index (χ1n) is 6.53. The fourth-order valence-electron chi connectivity index (χ4n) is 2.97. The van der Waals surface area contributed by atoms with Crippen molar-refractivity contribution in [2.24, 2.45) is 5.92 Å². The van der Waals surface area contributed by atoms with Crippen LogP contribution >= 0.6 is 0 Å². The first-order chi connectivity index (χ1) is 8.41. The Morgan fingerprint density at radius 1 is 1.50 bits per heavy atom. The molecule has 1 aromatic heterocycles. The van der Waals surface area contributed by atoms with E-state index in [1.54, 1.807) is 0 Å². The molecular formula is C14H21F2NO. The second-order valence-corrected chi connectivity index (χ2v) is 5.41. The van der Waals surface area contributed by atoms with Crippen LogP contribution < -0.4 is 5.32 Å². The molecule has 2 unspecified atom stereocenters. The molecule has 2 atom stereocenters. The summed E-state index contributed by atoms with van der Waals surface area (Å²) in [6, 6.07) is 2.12. The molecule has 2 nitrogen and oxygen atoms in total. The summed E-state index contributed by atoms with van der Waals surface area (Å²) in [4.78, 5) is 0. The van der Waals surface area contributed by atoms with Crippen LogP contribution in [-0.4, -0.2) is 13.0 Å². The zero-order valence-corrected chi connectivity index (χ0v) is 11.2. The van der Waals surface area contributed by atoms with Crippen molar-refractivity contribution >= 4 is 0 Å². The van der Waals surface area contributed by atoms with E-state index in [0.717, 1.165) is 23.5 Å². The summed E-state index contributed by atoms with van der Waals surface area (Å²) in [7, 11) is 1.87. The first kappa shape index (κ1) is 13.5. The third-order valence-electron chi connectivity index (χ3n) is 3.88. The SMILES string of the molecule is CNC(CC1CCC(F)(F)C1)c1cc(C)oc1C. The van der Waals surface area contributed by atoms with Crippen LogP contribution in [0, 0.1) is 19.8 Å². The lowest BCUT2D eigenvalue weighted by Gasteiger charge is -2.19. The molecule has 0 saturated heterocycles. The van der Waals surface area contributed by atoms with Gasteiger partial charge < -0.3 is 9.73 Å². The summed E-state index contributed by atoms with van der Waals surface area (Å²) in [6.45, 7) is 3.84. The van der Waals surface area contributed by atoms with E-state index in [9.17, 15) is 8.78 Å². The molecule has 1 aromatic rings. The standard InChI is InChI=1S/C14H21F2NO/c1-9-6-12(10(2)18-9)13(17-3)7-11-4-5-14(15,16)8-11/h6,11,13,17H,4-5,7-8H2,1-3H3. The highest BCUT2D eigenvalue weighted by molar-refractivity contribution is 5.24. The molecule has 1 aliphatic rings. The summed E-state index contributed by atoms with van der Waals surface area (Å²) in [5.74, 6) is -0.590. The number of furan rings is 1. The average molecular weight is 257 g/mol. The van der Waals surface area contributed by atoms with Gasteiger partial charge in [0.2, 0.25) is 5.92 Å². The Labute approximate surface area is 107 Å². The van der Waals surface area contributed by atoms with E-state index < -0.39 is 5.92 Å². The second-order valence-electron chi connectivity index (χ2n) is 5.41. The van der Waals surface area contributed by atoms with Gasteiger partial charge in [-0.1, -0.05) is 0 Å². The number of hydrogen-bond acceptors (Lipinski definition) is 2. The van der Waals surface area contributed by atoms with Gasteiger partial charge in [-0.05, 0) is 45.7 Å². The van der Waals surface area contributed by atoms with Gasteiger partial charge in [0.25, 0.3) is 0 Å². The number of rotatable bonds is 4. The predicted octanol–water partition coefficient (Wildman–Crippen LogP) is 3.98. The lowest BCUT2D eigenvalue weighted by molar-refractivity contribution is 0.00433. The Kier molecular flexibility index (Phi) is 3.76. The quantitative estimate of drug-likeness (QED) is 0.882. The highest BCUT2D eigenvalue weighted by Gasteiger charge is 2.40. The summed E-state index contributed by atoms with van der Waals surface area (Å²) in [6.07, 6.45) is 1.45. The summed E-state index contributed by atoms with van der Waals surface area (Å²) in [5, 5.41) is 3.22. The van der Waals surface area contributed by atoms with Crippen LogP contribution in [0.1, 0.15) is 48.8 Å². The molecule has 0 aliphatic heterocycles. The Morgan fingerprint density at radius 3 is 2.67 bits per heavy atom. The van der Waals surface area contributed by atoms with Crippen LogP contribution in [0.5, 0.6) is 0 Å². The van der Waals surface area contributed by atoms with Gasteiger partial charge in [-0.2, -0.15) is 0 Å². The van der Waals surface area contributed by atoms with Crippen molar-refractivity contribution < 1.29 is 13.2 Å². The van der Waals surface area contributed by atoms with Crippen molar-refractivity contribution in [2.45, 2.75) is 51.5 Å². The summed E-state index contributed by atoms with van der Waals surface area (Å²) >= 11 is 0. The molecule has 0 spiro atoms. The molecule has 1 fully saturated rings. The van der Waals surface area contributed by atoms with Crippen molar-refractivity contribution in [1.29, 1.82) is 0 Å². The molecule has 102 valence electrons. The molecule has 18 heavy (non-hydrogen) atoms. The van der Waals surface area contributed by atoms with E-state index in [1.807, 2.05) is 27.0 Å². The van der Waals surface area contributed by atoms with Crippen molar-refractivity contribution in [3.63, 3.8) is 0 Å². The molecule has 2 rings (SSSR count). The van der Waals surface area contributed by atoms with Crippen LogP contribution in [0.2, 0.25) is 0 Å². The third kappa shape index (κ3) is 2.91.